The van der Waals surface area contributed by atoms with Gasteiger partial charge >= 0.3 is 5.63 Å². The van der Waals surface area contributed by atoms with Crippen molar-refractivity contribution in [1.82, 2.24) is 0 Å². The second-order valence-electron chi connectivity index (χ2n) is 5.05. The van der Waals surface area contributed by atoms with Gasteiger partial charge in [0.25, 0.3) is 0 Å². The van der Waals surface area contributed by atoms with Gasteiger partial charge in [-0.1, -0.05) is 23.2 Å². The molecule has 1 N–H and O–H groups in total. The molecule has 5 heteroatoms. The van der Waals surface area contributed by atoms with E-state index in [-0.39, 0.29) is 5.63 Å². The normalized spacial score (nSPS) is 10.9. The van der Waals surface area contributed by atoms with Crippen molar-refractivity contribution in [1.29, 1.82) is 0 Å². The van der Waals surface area contributed by atoms with Gasteiger partial charge in [0.05, 0.1) is 0 Å². The fraction of sp³-hybridized carbons (Fsp3) is 0.118. The standard InChI is InChI=1S/C17H13Cl2NO2/c1-10-6-16-14(8-15(10)19)11(7-17(21)22-16)9-20-13-4-2-12(18)3-5-13/h2-8,20H,9H2,1H3. The number of anilines is 1. The maximum absolute atomic E-state index is 11.7. The molecule has 3 rings (SSSR count). The van der Waals surface area contributed by atoms with E-state index in [0.29, 0.717) is 22.2 Å². The minimum absolute atomic E-state index is 0.373. The highest BCUT2D eigenvalue weighted by molar-refractivity contribution is 6.32. The molecule has 0 saturated carbocycles. The van der Waals surface area contributed by atoms with Gasteiger partial charge in [-0.2, -0.15) is 0 Å². The Kier molecular flexibility index (Phi) is 4.10. The van der Waals surface area contributed by atoms with Gasteiger partial charge in [0.15, 0.2) is 0 Å². The van der Waals surface area contributed by atoms with E-state index in [2.05, 4.69) is 5.32 Å². The predicted octanol–water partition coefficient (Wildman–Crippen LogP) is 5.02. The average Bonchev–Trinajstić information content (AvgIpc) is 2.48. The van der Waals surface area contributed by atoms with Gasteiger partial charge in [0.1, 0.15) is 5.58 Å². The molecule has 0 bridgehead atoms. The van der Waals surface area contributed by atoms with Gasteiger partial charge < -0.3 is 9.73 Å². The smallest absolute Gasteiger partial charge is 0.336 e. The third kappa shape index (κ3) is 3.11. The first-order chi connectivity index (χ1) is 10.5. The van der Waals surface area contributed by atoms with Crippen LogP contribution >= 0.6 is 23.2 Å². The number of rotatable bonds is 3. The largest absolute Gasteiger partial charge is 0.423 e. The molecule has 0 aliphatic rings. The van der Waals surface area contributed by atoms with E-state index in [1.54, 1.807) is 6.07 Å². The summed E-state index contributed by atoms with van der Waals surface area (Å²) in [5.74, 6) is 0. The van der Waals surface area contributed by atoms with Gasteiger partial charge in [0, 0.05) is 33.7 Å². The number of aryl methyl sites for hydroxylation is 1. The van der Waals surface area contributed by atoms with E-state index < -0.39 is 0 Å². The van der Waals surface area contributed by atoms with Crippen molar-refractivity contribution in [2.45, 2.75) is 13.5 Å². The van der Waals surface area contributed by atoms with Crippen LogP contribution in [0.25, 0.3) is 11.0 Å². The molecule has 1 heterocycles. The molecule has 112 valence electrons. The van der Waals surface area contributed by atoms with Crippen molar-refractivity contribution < 1.29 is 4.42 Å². The SMILES string of the molecule is Cc1cc2oc(=O)cc(CNc3ccc(Cl)cc3)c2cc1Cl. The van der Waals surface area contributed by atoms with Crippen molar-refractivity contribution >= 4 is 39.9 Å². The third-order valence-corrected chi connectivity index (χ3v) is 4.10. The fourth-order valence-electron chi connectivity index (χ4n) is 2.26. The van der Waals surface area contributed by atoms with Gasteiger partial charge in [0.2, 0.25) is 0 Å². The number of fused-ring (bicyclic) bond motifs is 1. The molecule has 22 heavy (non-hydrogen) atoms. The monoisotopic (exact) mass is 333 g/mol. The summed E-state index contributed by atoms with van der Waals surface area (Å²) >= 11 is 12.0. The van der Waals surface area contributed by atoms with E-state index in [1.807, 2.05) is 37.3 Å². The Hall–Kier alpha value is -1.97. The lowest BCUT2D eigenvalue weighted by Crippen LogP contribution is -2.06. The number of nitrogens with one attached hydrogen (secondary N) is 1. The zero-order chi connectivity index (χ0) is 15.7. The molecule has 0 spiro atoms. The quantitative estimate of drug-likeness (QED) is 0.684. The number of halogens is 2. The van der Waals surface area contributed by atoms with Crippen LogP contribution in [0.15, 0.2) is 51.7 Å². The van der Waals surface area contributed by atoms with Crippen molar-refractivity contribution in [2.75, 3.05) is 5.32 Å². The molecule has 3 nitrogen and oxygen atoms in total. The zero-order valence-electron chi connectivity index (χ0n) is 11.8. The lowest BCUT2D eigenvalue weighted by atomic mass is 10.1. The van der Waals surface area contributed by atoms with Crippen LogP contribution in [0.2, 0.25) is 10.0 Å². The second-order valence-corrected chi connectivity index (χ2v) is 5.89. The van der Waals surface area contributed by atoms with Gasteiger partial charge in [-0.25, -0.2) is 4.79 Å². The Labute approximate surface area is 137 Å². The number of benzene rings is 2. The minimum Gasteiger partial charge on any atom is -0.423 e. The molecular weight excluding hydrogens is 321 g/mol. The number of hydrogen-bond acceptors (Lipinski definition) is 3. The van der Waals surface area contributed by atoms with Gasteiger partial charge in [-0.15, -0.1) is 0 Å². The summed E-state index contributed by atoms with van der Waals surface area (Å²) in [5.41, 5.74) is 2.80. The highest BCUT2D eigenvalue weighted by atomic mass is 35.5. The number of hydrogen-bond donors (Lipinski definition) is 1. The highest BCUT2D eigenvalue weighted by Crippen LogP contribution is 2.25. The summed E-state index contributed by atoms with van der Waals surface area (Å²) in [4.78, 5) is 11.7. The van der Waals surface area contributed by atoms with E-state index in [4.69, 9.17) is 27.6 Å². The van der Waals surface area contributed by atoms with Crippen molar-refractivity contribution in [3.63, 3.8) is 0 Å². The zero-order valence-corrected chi connectivity index (χ0v) is 13.3. The van der Waals surface area contributed by atoms with Crippen LogP contribution in [0.3, 0.4) is 0 Å². The lowest BCUT2D eigenvalue weighted by Gasteiger charge is -2.10. The van der Waals surface area contributed by atoms with Crippen LogP contribution in [0.1, 0.15) is 11.1 Å². The van der Waals surface area contributed by atoms with Crippen LogP contribution in [0, 0.1) is 6.92 Å². The van der Waals surface area contributed by atoms with E-state index >= 15 is 0 Å². The first-order valence-electron chi connectivity index (χ1n) is 6.75. The van der Waals surface area contributed by atoms with Crippen molar-refractivity contribution in [3.05, 3.63) is 74.1 Å². The summed E-state index contributed by atoms with van der Waals surface area (Å²) in [5, 5.41) is 5.42. The Bertz CT molecular complexity index is 886. The molecule has 0 unspecified atom stereocenters. The molecular formula is C17H13Cl2NO2. The molecule has 1 aromatic heterocycles. The lowest BCUT2D eigenvalue weighted by molar-refractivity contribution is 0.559. The van der Waals surface area contributed by atoms with Crippen molar-refractivity contribution in [2.24, 2.45) is 0 Å². The first-order valence-corrected chi connectivity index (χ1v) is 7.51. The van der Waals surface area contributed by atoms with Crippen LogP contribution in [-0.2, 0) is 6.54 Å². The molecule has 0 aliphatic carbocycles. The summed E-state index contributed by atoms with van der Waals surface area (Å²) < 4.78 is 5.25. The minimum atomic E-state index is -0.373. The van der Waals surface area contributed by atoms with E-state index in [0.717, 1.165) is 22.2 Å². The summed E-state index contributed by atoms with van der Waals surface area (Å²) in [6.07, 6.45) is 0. The average molecular weight is 334 g/mol. The Morgan fingerprint density at radius 1 is 1.09 bits per heavy atom. The van der Waals surface area contributed by atoms with Gasteiger partial charge in [-0.05, 0) is 54.4 Å². The summed E-state index contributed by atoms with van der Waals surface area (Å²) in [7, 11) is 0. The van der Waals surface area contributed by atoms with Crippen LogP contribution < -0.4 is 10.9 Å². The van der Waals surface area contributed by atoms with E-state index in [9.17, 15) is 4.79 Å². The molecule has 0 saturated heterocycles. The van der Waals surface area contributed by atoms with E-state index in [1.165, 1.54) is 6.07 Å². The molecule has 2 aromatic carbocycles. The molecule has 0 fully saturated rings. The molecule has 0 amide bonds. The summed E-state index contributed by atoms with van der Waals surface area (Å²) in [6, 6.07) is 12.5. The first kappa shape index (κ1) is 14.9. The molecule has 0 radical (unpaired) electrons. The van der Waals surface area contributed by atoms with Crippen LogP contribution in [0.4, 0.5) is 5.69 Å². The second kappa shape index (κ2) is 6.03. The van der Waals surface area contributed by atoms with Crippen molar-refractivity contribution in [3.8, 4) is 0 Å². The third-order valence-electron chi connectivity index (χ3n) is 3.44. The predicted molar refractivity (Wildman–Crippen MR) is 91.0 cm³/mol. The van der Waals surface area contributed by atoms with Gasteiger partial charge in [-0.3, -0.25) is 0 Å². The summed E-state index contributed by atoms with van der Waals surface area (Å²) in [6.45, 7) is 2.36. The molecule has 0 aliphatic heterocycles. The topological polar surface area (TPSA) is 42.2 Å². The maximum Gasteiger partial charge on any atom is 0.336 e. The van der Waals surface area contributed by atoms with Crippen LogP contribution in [-0.4, -0.2) is 0 Å². The van der Waals surface area contributed by atoms with Crippen LogP contribution in [0.5, 0.6) is 0 Å². The molecule has 3 aromatic rings. The Balaban J connectivity index is 1.97. The molecule has 0 atom stereocenters. The Morgan fingerprint density at radius 3 is 2.55 bits per heavy atom. The maximum atomic E-state index is 11.7. The highest BCUT2D eigenvalue weighted by Gasteiger charge is 2.08. The fourth-order valence-corrected chi connectivity index (χ4v) is 2.55. The Morgan fingerprint density at radius 2 is 1.82 bits per heavy atom.